The molecule has 0 unspecified atom stereocenters. The lowest BCUT2D eigenvalue weighted by Gasteiger charge is -2.16. The fourth-order valence-corrected chi connectivity index (χ4v) is 3.34. The lowest BCUT2D eigenvalue weighted by atomic mass is 10.3. The zero-order chi connectivity index (χ0) is 15.5. The number of rotatable bonds is 6. The first-order chi connectivity index (χ1) is 9.95. The summed E-state index contributed by atoms with van der Waals surface area (Å²) < 4.78 is 28.3. The van der Waals surface area contributed by atoms with E-state index < -0.39 is 10.0 Å². The highest BCUT2D eigenvalue weighted by molar-refractivity contribution is 7.89. The summed E-state index contributed by atoms with van der Waals surface area (Å²) in [5.74, 6) is 0. The number of nitrogens with zero attached hydrogens (tertiary/aromatic N) is 3. The number of aromatic nitrogens is 2. The smallest absolute Gasteiger partial charge is 0.244 e. The molecule has 114 valence electrons. The molecule has 6 nitrogen and oxygen atoms in total. The first-order valence-electron chi connectivity index (χ1n) is 6.60. The summed E-state index contributed by atoms with van der Waals surface area (Å²) in [6.07, 6.45) is 4.96. The van der Waals surface area contributed by atoms with Crippen LogP contribution >= 0.6 is 0 Å². The zero-order valence-electron chi connectivity index (χ0n) is 12.4. The van der Waals surface area contributed by atoms with E-state index in [9.17, 15) is 8.42 Å². The van der Waals surface area contributed by atoms with Gasteiger partial charge < -0.3 is 9.88 Å². The van der Waals surface area contributed by atoms with Crippen LogP contribution in [-0.2, 0) is 30.2 Å². The maximum Gasteiger partial charge on any atom is 0.244 e. The van der Waals surface area contributed by atoms with Gasteiger partial charge in [0.15, 0.2) is 0 Å². The molecule has 0 saturated heterocycles. The summed E-state index contributed by atoms with van der Waals surface area (Å²) in [5.41, 5.74) is 1.83. The van der Waals surface area contributed by atoms with Gasteiger partial charge in [-0.2, -0.15) is 4.31 Å². The lowest BCUT2D eigenvalue weighted by molar-refractivity contribution is 0.466. The van der Waals surface area contributed by atoms with Crippen molar-refractivity contribution in [3.63, 3.8) is 0 Å². The van der Waals surface area contributed by atoms with Crippen molar-refractivity contribution in [2.24, 2.45) is 7.05 Å². The Hall–Kier alpha value is -1.70. The maximum atomic E-state index is 12.6. The Morgan fingerprint density at radius 1 is 1.33 bits per heavy atom. The molecule has 21 heavy (non-hydrogen) atoms. The van der Waals surface area contributed by atoms with Gasteiger partial charge >= 0.3 is 0 Å². The van der Waals surface area contributed by atoms with E-state index in [2.05, 4.69) is 10.3 Å². The third-order valence-electron chi connectivity index (χ3n) is 3.30. The van der Waals surface area contributed by atoms with Gasteiger partial charge in [0.2, 0.25) is 10.0 Å². The molecule has 0 saturated carbocycles. The van der Waals surface area contributed by atoms with E-state index in [4.69, 9.17) is 0 Å². The summed E-state index contributed by atoms with van der Waals surface area (Å²) in [7, 11) is 1.76. The molecule has 2 heterocycles. The van der Waals surface area contributed by atoms with Crippen molar-refractivity contribution in [3.05, 3.63) is 48.0 Å². The van der Waals surface area contributed by atoms with Gasteiger partial charge in [0.25, 0.3) is 0 Å². The second-order valence-corrected chi connectivity index (χ2v) is 6.97. The van der Waals surface area contributed by atoms with Gasteiger partial charge in [-0.05, 0) is 30.8 Å². The average Bonchev–Trinajstić information content (AvgIpc) is 2.82. The number of sulfonamides is 1. The standard InChI is InChI=1S/C14H20N4O2S/c1-15-9-13-8-14(11-17(13)2)21(19,20)18(3)10-12-4-6-16-7-5-12/h4-8,11,15H,9-10H2,1-3H3. The molecule has 0 aromatic carbocycles. The van der Waals surface area contributed by atoms with E-state index in [1.54, 1.807) is 31.7 Å². The van der Waals surface area contributed by atoms with Crippen LogP contribution in [0.3, 0.4) is 0 Å². The third kappa shape index (κ3) is 3.49. The molecule has 0 aliphatic carbocycles. The number of hydrogen-bond acceptors (Lipinski definition) is 4. The van der Waals surface area contributed by atoms with Crippen LogP contribution in [0.25, 0.3) is 0 Å². The van der Waals surface area contributed by atoms with Crippen molar-refractivity contribution < 1.29 is 8.42 Å². The fraction of sp³-hybridized carbons (Fsp3) is 0.357. The fourth-order valence-electron chi connectivity index (χ4n) is 2.09. The second kappa shape index (κ2) is 6.38. The van der Waals surface area contributed by atoms with E-state index in [-0.39, 0.29) is 0 Å². The van der Waals surface area contributed by atoms with Crippen LogP contribution in [0.2, 0.25) is 0 Å². The summed E-state index contributed by atoms with van der Waals surface area (Å²) in [4.78, 5) is 4.24. The van der Waals surface area contributed by atoms with Gasteiger partial charge in [-0.1, -0.05) is 0 Å². The van der Waals surface area contributed by atoms with E-state index in [1.165, 1.54) is 4.31 Å². The predicted octanol–water partition coefficient (Wildman–Crippen LogP) is 0.960. The van der Waals surface area contributed by atoms with Crippen LogP contribution in [0.1, 0.15) is 11.3 Å². The second-order valence-electron chi connectivity index (χ2n) is 4.92. The lowest BCUT2D eigenvalue weighted by Crippen LogP contribution is -2.26. The van der Waals surface area contributed by atoms with E-state index in [0.29, 0.717) is 18.0 Å². The molecule has 7 heteroatoms. The Kier molecular flexibility index (Phi) is 4.76. The Bertz CT molecular complexity index is 695. The summed E-state index contributed by atoms with van der Waals surface area (Å²) in [6.45, 7) is 0.946. The topological polar surface area (TPSA) is 67.2 Å². The van der Waals surface area contributed by atoms with Crippen LogP contribution in [0.4, 0.5) is 0 Å². The molecule has 2 aromatic heterocycles. The van der Waals surface area contributed by atoms with E-state index in [1.807, 2.05) is 30.8 Å². The van der Waals surface area contributed by atoms with Gasteiger partial charge in [0, 0.05) is 51.5 Å². The molecule has 0 amide bonds. The van der Waals surface area contributed by atoms with Crippen molar-refractivity contribution in [2.45, 2.75) is 18.0 Å². The van der Waals surface area contributed by atoms with Crippen molar-refractivity contribution in [1.29, 1.82) is 0 Å². The molecule has 0 bridgehead atoms. The van der Waals surface area contributed by atoms with Gasteiger partial charge in [0.05, 0.1) is 0 Å². The highest BCUT2D eigenvalue weighted by Crippen LogP contribution is 2.19. The molecule has 1 N–H and O–H groups in total. The van der Waals surface area contributed by atoms with Gasteiger partial charge in [0.1, 0.15) is 4.90 Å². The molecule has 0 aliphatic heterocycles. The Labute approximate surface area is 125 Å². The predicted molar refractivity (Wildman–Crippen MR) is 81.1 cm³/mol. The minimum absolute atomic E-state index is 0.312. The number of pyridine rings is 1. The van der Waals surface area contributed by atoms with Crippen LogP contribution in [0.5, 0.6) is 0 Å². The monoisotopic (exact) mass is 308 g/mol. The molecule has 2 rings (SSSR count). The highest BCUT2D eigenvalue weighted by Gasteiger charge is 2.23. The summed E-state index contributed by atoms with van der Waals surface area (Å²) >= 11 is 0. The van der Waals surface area contributed by atoms with Crippen LogP contribution < -0.4 is 5.32 Å². The van der Waals surface area contributed by atoms with Crippen molar-refractivity contribution in [1.82, 2.24) is 19.2 Å². The SMILES string of the molecule is CNCc1cc(S(=O)(=O)N(C)Cc2ccncc2)cn1C. The summed E-state index contributed by atoms with van der Waals surface area (Å²) in [6, 6.07) is 5.32. The Morgan fingerprint density at radius 2 is 2.00 bits per heavy atom. The first-order valence-corrected chi connectivity index (χ1v) is 8.04. The molecular weight excluding hydrogens is 288 g/mol. The zero-order valence-corrected chi connectivity index (χ0v) is 13.3. The van der Waals surface area contributed by atoms with Gasteiger partial charge in [-0.15, -0.1) is 0 Å². The molecule has 2 aromatic rings. The molecule has 0 aliphatic rings. The number of aryl methyl sites for hydroxylation is 1. The quantitative estimate of drug-likeness (QED) is 0.863. The normalized spacial score (nSPS) is 12.0. The Morgan fingerprint density at radius 3 is 2.62 bits per heavy atom. The van der Waals surface area contributed by atoms with Crippen molar-refractivity contribution >= 4 is 10.0 Å². The number of nitrogens with one attached hydrogen (secondary N) is 1. The van der Waals surface area contributed by atoms with Crippen LogP contribution in [-0.4, -0.2) is 36.4 Å². The van der Waals surface area contributed by atoms with Crippen LogP contribution in [0, 0.1) is 0 Å². The minimum atomic E-state index is -3.49. The molecule has 0 atom stereocenters. The van der Waals surface area contributed by atoms with Crippen molar-refractivity contribution in [2.75, 3.05) is 14.1 Å². The molecular formula is C14H20N4O2S. The Balaban J connectivity index is 2.23. The maximum absolute atomic E-state index is 12.6. The minimum Gasteiger partial charge on any atom is -0.352 e. The summed E-state index contributed by atoms with van der Waals surface area (Å²) in [5, 5.41) is 3.02. The molecule has 0 radical (unpaired) electrons. The van der Waals surface area contributed by atoms with E-state index >= 15 is 0 Å². The van der Waals surface area contributed by atoms with Gasteiger partial charge in [-0.3, -0.25) is 4.98 Å². The van der Waals surface area contributed by atoms with E-state index in [0.717, 1.165) is 11.3 Å². The highest BCUT2D eigenvalue weighted by atomic mass is 32.2. The average molecular weight is 308 g/mol. The van der Waals surface area contributed by atoms with Crippen LogP contribution in [0.15, 0.2) is 41.7 Å². The number of hydrogen-bond donors (Lipinski definition) is 1. The van der Waals surface area contributed by atoms with Crippen molar-refractivity contribution in [3.8, 4) is 0 Å². The molecule has 0 spiro atoms. The first kappa shape index (κ1) is 15.7. The molecule has 0 fully saturated rings. The largest absolute Gasteiger partial charge is 0.352 e. The van der Waals surface area contributed by atoms with Gasteiger partial charge in [-0.25, -0.2) is 8.42 Å². The third-order valence-corrected chi connectivity index (χ3v) is 5.07.